The van der Waals surface area contributed by atoms with E-state index in [4.69, 9.17) is 39.0 Å². The number of carboxylic acid groups (broad SMARTS) is 1. The molecule has 1 aliphatic rings. The highest BCUT2D eigenvalue weighted by Gasteiger charge is 2.47. The van der Waals surface area contributed by atoms with Crippen LogP contribution >= 0.6 is 35.6 Å². The van der Waals surface area contributed by atoms with Crippen LogP contribution in [0.15, 0.2) is 18.2 Å². The summed E-state index contributed by atoms with van der Waals surface area (Å²) in [5.41, 5.74) is 6.02. The van der Waals surface area contributed by atoms with Gasteiger partial charge in [-0.25, -0.2) is 0 Å². The highest BCUT2D eigenvalue weighted by Crippen LogP contribution is 2.38. The largest absolute Gasteiger partial charge is 0.480 e. The molecule has 1 aliphatic carbocycles. The molecule has 0 bridgehead atoms. The van der Waals surface area contributed by atoms with E-state index >= 15 is 0 Å². The number of carbonyl (C=O) groups is 1. The van der Waals surface area contributed by atoms with Gasteiger partial charge in [0.1, 0.15) is 5.54 Å². The summed E-state index contributed by atoms with van der Waals surface area (Å²) in [5.74, 6) is -1.09. The molecule has 3 unspecified atom stereocenters. The lowest BCUT2D eigenvalue weighted by Crippen LogP contribution is -2.59. The number of benzene rings is 1. The molecule has 0 radical (unpaired) electrons. The van der Waals surface area contributed by atoms with E-state index in [1.54, 1.807) is 6.07 Å². The van der Waals surface area contributed by atoms with Gasteiger partial charge in [-0.05, 0) is 56.2 Å². The fourth-order valence-corrected chi connectivity index (χ4v) is 4.30. The molecule has 28 heavy (non-hydrogen) atoms. The van der Waals surface area contributed by atoms with E-state index in [0.29, 0.717) is 42.4 Å². The van der Waals surface area contributed by atoms with Crippen LogP contribution in [-0.2, 0) is 11.3 Å². The summed E-state index contributed by atoms with van der Waals surface area (Å²) in [6, 6.07) is 5.46. The highest BCUT2D eigenvalue weighted by atomic mass is 35.5. The van der Waals surface area contributed by atoms with Crippen molar-refractivity contribution >= 4 is 48.7 Å². The molecule has 0 amide bonds. The fraction of sp³-hybridized carbons (Fsp3) is 0.611. The normalized spacial score (nSPS) is 24.7. The summed E-state index contributed by atoms with van der Waals surface area (Å²) < 4.78 is 0. The van der Waals surface area contributed by atoms with Gasteiger partial charge in [-0.1, -0.05) is 35.7 Å². The van der Waals surface area contributed by atoms with Crippen LogP contribution in [-0.4, -0.2) is 52.3 Å². The number of rotatable bonds is 8. The molecule has 1 saturated carbocycles. The topological polar surface area (TPSA) is 107 Å². The van der Waals surface area contributed by atoms with Crippen molar-refractivity contribution in [2.45, 2.75) is 44.1 Å². The minimum absolute atomic E-state index is 0. The molecule has 0 heterocycles. The van der Waals surface area contributed by atoms with E-state index in [9.17, 15) is 9.90 Å². The molecule has 0 aliphatic heterocycles. The third kappa shape index (κ3) is 6.77. The predicted molar refractivity (Wildman–Crippen MR) is 115 cm³/mol. The second-order valence-electron chi connectivity index (χ2n) is 7.69. The van der Waals surface area contributed by atoms with Crippen LogP contribution < -0.4 is 5.73 Å². The Kier molecular flexibility index (Phi) is 10.0. The molecule has 3 atom stereocenters. The maximum Gasteiger partial charge on any atom is 0.451 e. The van der Waals surface area contributed by atoms with Crippen LogP contribution in [0, 0.1) is 11.8 Å². The summed E-state index contributed by atoms with van der Waals surface area (Å²) in [5, 5.41) is 28.9. The molecule has 5 N–H and O–H groups in total. The zero-order chi connectivity index (χ0) is 20.2. The quantitative estimate of drug-likeness (QED) is 0.451. The van der Waals surface area contributed by atoms with Crippen molar-refractivity contribution in [3.05, 3.63) is 33.8 Å². The number of nitrogens with two attached hydrogens (primary N) is 1. The first-order valence-electron chi connectivity index (χ1n) is 9.12. The van der Waals surface area contributed by atoms with Gasteiger partial charge >= 0.3 is 13.1 Å². The lowest BCUT2D eigenvalue weighted by molar-refractivity contribution is -0.148. The monoisotopic (exact) mass is 452 g/mol. The molecular weight excluding hydrogens is 425 g/mol. The molecule has 158 valence electrons. The van der Waals surface area contributed by atoms with Crippen LogP contribution in [0.1, 0.15) is 31.2 Å². The average Bonchev–Trinajstić information content (AvgIpc) is 2.58. The van der Waals surface area contributed by atoms with E-state index in [1.807, 2.05) is 24.1 Å². The third-order valence-electron chi connectivity index (χ3n) is 5.48. The summed E-state index contributed by atoms with van der Waals surface area (Å²) in [7, 11) is 0.566. The molecule has 1 aromatic rings. The third-order valence-corrected chi connectivity index (χ3v) is 6.22. The molecule has 2 rings (SSSR count). The van der Waals surface area contributed by atoms with Gasteiger partial charge in [0.05, 0.1) is 10.0 Å². The first-order chi connectivity index (χ1) is 12.6. The first-order valence-corrected chi connectivity index (χ1v) is 9.88. The van der Waals surface area contributed by atoms with Crippen molar-refractivity contribution in [1.82, 2.24) is 4.90 Å². The van der Waals surface area contributed by atoms with Crippen molar-refractivity contribution in [3.63, 3.8) is 0 Å². The number of aliphatic carboxylic acids is 1. The minimum atomic E-state index is -1.36. The predicted octanol–water partition coefficient (Wildman–Crippen LogP) is 2.91. The lowest BCUT2D eigenvalue weighted by atomic mass is 9.66. The van der Waals surface area contributed by atoms with Crippen LogP contribution in [0.2, 0.25) is 16.4 Å². The Morgan fingerprint density at radius 1 is 1.32 bits per heavy atom. The Morgan fingerprint density at radius 2 is 2.00 bits per heavy atom. The van der Waals surface area contributed by atoms with Crippen molar-refractivity contribution in [1.29, 1.82) is 0 Å². The number of nitrogens with zero attached hydrogens (tertiary/aromatic N) is 1. The highest BCUT2D eigenvalue weighted by molar-refractivity contribution is 6.42. The Morgan fingerprint density at radius 3 is 2.57 bits per heavy atom. The standard InChI is InChI=1S/C18H27BCl2N2O4.ClH/c1-23(10-13-3-5-15(20)16(21)8-13)11-14-4-2-12(6-7-19(26)27)9-18(14,22)17(24)25;/h3,5,8,12,14,26-27H,2,4,6-7,9-11,22H2,1H3,(H,24,25);1H. The van der Waals surface area contributed by atoms with Gasteiger partial charge in [0.25, 0.3) is 0 Å². The second kappa shape index (κ2) is 11.0. The van der Waals surface area contributed by atoms with Gasteiger partial charge in [-0.3, -0.25) is 4.79 Å². The van der Waals surface area contributed by atoms with E-state index in [0.717, 1.165) is 12.0 Å². The Bertz CT molecular complexity index is 668. The number of hydrogen-bond acceptors (Lipinski definition) is 5. The number of halogens is 3. The SMILES string of the molecule is CN(Cc1ccc(Cl)c(Cl)c1)CC1CCC(CCB(O)O)CC1(N)C(=O)O.Cl. The maximum atomic E-state index is 11.9. The Hall–Kier alpha value is -0.535. The van der Waals surface area contributed by atoms with E-state index < -0.39 is 18.6 Å². The van der Waals surface area contributed by atoms with Gasteiger partial charge in [-0.2, -0.15) is 0 Å². The fourth-order valence-electron chi connectivity index (χ4n) is 3.98. The lowest BCUT2D eigenvalue weighted by Gasteiger charge is -2.43. The number of hydrogen-bond donors (Lipinski definition) is 4. The molecule has 0 spiro atoms. The zero-order valence-corrected chi connectivity index (χ0v) is 18.2. The van der Waals surface area contributed by atoms with Gasteiger partial charge < -0.3 is 25.8 Å². The number of carboxylic acids is 1. The molecule has 10 heteroatoms. The summed E-state index contributed by atoms with van der Waals surface area (Å²) >= 11 is 12.0. The molecule has 6 nitrogen and oxygen atoms in total. The van der Waals surface area contributed by atoms with Crippen molar-refractivity contribution in [2.75, 3.05) is 13.6 Å². The Labute approximate surface area is 182 Å². The maximum absolute atomic E-state index is 11.9. The summed E-state index contributed by atoms with van der Waals surface area (Å²) in [6.07, 6.45) is 2.68. The minimum Gasteiger partial charge on any atom is -0.480 e. The molecule has 0 aromatic heterocycles. The zero-order valence-electron chi connectivity index (χ0n) is 15.9. The smallest absolute Gasteiger partial charge is 0.451 e. The molecule has 1 aromatic carbocycles. The van der Waals surface area contributed by atoms with Crippen LogP contribution in [0.4, 0.5) is 0 Å². The van der Waals surface area contributed by atoms with Gasteiger partial charge in [-0.15, -0.1) is 12.4 Å². The van der Waals surface area contributed by atoms with Gasteiger partial charge in [0.15, 0.2) is 0 Å². The van der Waals surface area contributed by atoms with Gasteiger partial charge in [0.2, 0.25) is 0 Å². The van der Waals surface area contributed by atoms with Gasteiger partial charge in [0, 0.05) is 19.0 Å². The van der Waals surface area contributed by atoms with Crippen molar-refractivity contribution < 1.29 is 19.9 Å². The van der Waals surface area contributed by atoms with Crippen LogP contribution in [0.3, 0.4) is 0 Å². The molecular formula is C18H28BCl3N2O4. The first kappa shape index (κ1) is 25.5. The molecule has 1 fully saturated rings. The van der Waals surface area contributed by atoms with E-state index in [1.165, 1.54) is 0 Å². The van der Waals surface area contributed by atoms with E-state index in [-0.39, 0.29) is 30.6 Å². The van der Waals surface area contributed by atoms with Crippen molar-refractivity contribution in [2.24, 2.45) is 17.6 Å². The second-order valence-corrected chi connectivity index (χ2v) is 8.51. The summed E-state index contributed by atoms with van der Waals surface area (Å²) in [4.78, 5) is 14.0. The summed E-state index contributed by atoms with van der Waals surface area (Å²) in [6.45, 7) is 1.17. The van der Waals surface area contributed by atoms with Crippen LogP contribution in [0.25, 0.3) is 0 Å². The van der Waals surface area contributed by atoms with Crippen LogP contribution in [0.5, 0.6) is 0 Å². The average molecular weight is 454 g/mol. The van der Waals surface area contributed by atoms with E-state index in [2.05, 4.69) is 0 Å². The Balaban J connectivity index is 0.00000392. The molecule has 0 saturated heterocycles. The van der Waals surface area contributed by atoms with Crippen molar-refractivity contribution in [3.8, 4) is 0 Å².